The van der Waals surface area contributed by atoms with Crippen molar-refractivity contribution >= 4 is 11.6 Å². The van der Waals surface area contributed by atoms with Gasteiger partial charge in [0.2, 0.25) is 11.6 Å². The summed E-state index contributed by atoms with van der Waals surface area (Å²) in [5.41, 5.74) is -2.59. The Bertz CT molecular complexity index is 1320. The van der Waals surface area contributed by atoms with Gasteiger partial charge in [-0.1, -0.05) is 11.6 Å². The molecule has 1 N–H and O–H groups in total. The molecule has 1 aromatic carbocycles. The Labute approximate surface area is 200 Å². The summed E-state index contributed by atoms with van der Waals surface area (Å²) in [5, 5.41) is 9.29. The van der Waals surface area contributed by atoms with Crippen LogP contribution in [-0.4, -0.2) is 37.9 Å². The minimum atomic E-state index is -6.07. The number of halogens is 6. The molecule has 0 amide bonds. The van der Waals surface area contributed by atoms with Crippen LogP contribution in [0.3, 0.4) is 0 Å². The zero-order valence-electron chi connectivity index (χ0n) is 18.7. The minimum Gasteiger partial charge on any atom is -0.508 e. The van der Waals surface area contributed by atoms with E-state index in [1.807, 2.05) is 0 Å². The smallest absolute Gasteiger partial charge is 0.459 e. The number of ether oxygens (including phenoxy) is 2. The summed E-state index contributed by atoms with van der Waals surface area (Å²) in [6, 6.07) is 2.09. The van der Waals surface area contributed by atoms with Crippen molar-refractivity contribution < 1.29 is 36.5 Å². The van der Waals surface area contributed by atoms with E-state index in [-0.39, 0.29) is 34.3 Å². The molecular weight excluding hydrogens is 503 g/mol. The van der Waals surface area contributed by atoms with E-state index in [0.717, 1.165) is 16.7 Å². The fraction of sp³-hybridized carbons (Fsp3) is 0.333. The number of aromatic hydroxyl groups is 1. The van der Waals surface area contributed by atoms with E-state index in [4.69, 9.17) is 21.1 Å². The average molecular weight is 521 g/mol. The third-order valence-electron chi connectivity index (χ3n) is 4.88. The fourth-order valence-electron chi connectivity index (χ4n) is 3.20. The molecule has 0 atom stereocenters. The van der Waals surface area contributed by atoms with Crippen molar-refractivity contribution in [2.45, 2.75) is 39.4 Å². The van der Waals surface area contributed by atoms with Crippen molar-refractivity contribution in [2.75, 3.05) is 7.11 Å². The Morgan fingerprint density at radius 3 is 2.31 bits per heavy atom. The molecule has 3 rings (SSSR count). The van der Waals surface area contributed by atoms with Crippen molar-refractivity contribution in [2.24, 2.45) is 0 Å². The number of aryl methyl sites for hydroxylation is 3. The van der Waals surface area contributed by atoms with Crippen molar-refractivity contribution in [1.82, 2.24) is 19.5 Å². The fourth-order valence-corrected chi connectivity index (χ4v) is 3.50. The molecular formula is C21H18ClF5N4O4. The number of rotatable bonds is 6. The van der Waals surface area contributed by atoms with E-state index >= 15 is 0 Å². The van der Waals surface area contributed by atoms with E-state index in [9.17, 15) is 31.9 Å². The first-order chi connectivity index (χ1) is 16.2. The highest BCUT2D eigenvalue weighted by Gasteiger charge is 2.62. The lowest BCUT2D eigenvalue weighted by Gasteiger charge is -2.22. The van der Waals surface area contributed by atoms with Gasteiger partial charge in [-0.25, -0.2) is 9.97 Å². The molecule has 2 aromatic heterocycles. The van der Waals surface area contributed by atoms with Crippen molar-refractivity contribution in [1.29, 1.82) is 0 Å². The molecule has 0 fully saturated rings. The highest BCUT2D eigenvalue weighted by atomic mass is 35.5. The zero-order chi connectivity index (χ0) is 26.3. The van der Waals surface area contributed by atoms with Gasteiger partial charge in [-0.2, -0.15) is 26.9 Å². The van der Waals surface area contributed by atoms with Gasteiger partial charge in [-0.15, -0.1) is 0 Å². The van der Waals surface area contributed by atoms with E-state index in [1.54, 1.807) is 13.8 Å². The summed E-state index contributed by atoms with van der Waals surface area (Å²) < 4.78 is 79.3. The lowest BCUT2D eigenvalue weighted by Crippen LogP contribution is -2.37. The number of alkyl halides is 5. The Balaban J connectivity index is 2.24. The maximum Gasteiger partial charge on any atom is 0.459 e. The van der Waals surface area contributed by atoms with Crippen molar-refractivity contribution in [3.8, 4) is 23.1 Å². The van der Waals surface area contributed by atoms with Gasteiger partial charge < -0.3 is 14.6 Å². The molecule has 0 unspecified atom stereocenters. The number of hydrogen-bond donors (Lipinski definition) is 1. The number of aromatic nitrogens is 4. The van der Waals surface area contributed by atoms with E-state index in [1.165, 1.54) is 14.0 Å². The van der Waals surface area contributed by atoms with Crippen LogP contribution in [0, 0.1) is 20.8 Å². The topological polar surface area (TPSA) is 99.4 Å². The summed E-state index contributed by atoms with van der Waals surface area (Å²) in [6.45, 7) is 4.14. The lowest BCUT2D eigenvalue weighted by atomic mass is 10.1. The second kappa shape index (κ2) is 9.29. The maximum absolute atomic E-state index is 14.3. The van der Waals surface area contributed by atoms with E-state index < -0.39 is 34.9 Å². The first-order valence-electron chi connectivity index (χ1n) is 9.76. The SMILES string of the molecule is COc1nc(C)nc(C)c1Cn1cnc(C(F)(F)C(F)(F)F)c(Oc2c(C)cc(O)cc2Cl)c1=O. The van der Waals surface area contributed by atoms with Crippen molar-refractivity contribution in [3.05, 3.63) is 62.2 Å². The molecule has 14 heteroatoms. The van der Waals surface area contributed by atoms with Gasteiger partial charge in [0.15, 0.2) is 5.69 Å². The van der Waals surface area contributed by atoms with Gasteiger partial charge in [0, 0.05) is 11.8 Å². The molecule has 0 aliphatic heterocycles. The Hall–Kier alpha value is -3.48. The molecule has 0 spiro atoms. The molecule has 35 heavy (non-hydrogen) atoms. The number of phenolic OH excluding ortho intramolecular Hbond substituents is 1. The van der Waals surface area contributed by atoms with E-state index in [2.05, 4.69) is 15.0 Å². The van der Waals surface area contributed by atoms with Crippen LogP contribution in [0.25, 0.3) is 0 Å². The lowest BCUT2D eigenvalue weighted by molar-refractivity contribution is -0.291. The zero-order valence-corrected chi connectivity index (χ0v) is 19.4. The predicted octanol–water partition coefficient (Wildman–Crippen LogP) is 4.82. The molecule has 0 aliphatic rings. The van der Waals surface area contributed by atoms with Crippen LogP contribution < -0.4 is 15.0 Å². The molecule has 0 bridgehead atoms. The molecule has 8 nitrogen and oxygen atoms in total. The van der Waals surface area contributed by atoms with Crippen LogP contribution >= 0.6 is 11.6 Å². The number of hydrogen-bond acceptors (Lipinski definition) is 7. The predicted molar refractivity (Wildman–Crippen MR) is 114 cm³/mol. The van der Waals surface area contributed by atoms with Gasteiger partial charge in [0.05, 0.1) is 30.6 Å². The number of nitrogens with zero attached hydrogens (tertiary/aromatic N) is 4. The largest absolute Gasteiger partial charge is 0.508 e. The first-order valence-corrected chi connectivity index (χ1v) is 10.1. The second-order valence-corrected chi connectivity index (χ2v) is 7.85. The van der Waals surface area contributed by atoms with Crippen LogP contribution in [0.1, 0.15) is 28.3 Å². The van der Waals surface area contributed by atoms with Crippen molar-refractivity contribution in [3.63, 3.8) is 0 Å². The summed E-state index contributed by atoms with van der Waals surface area (Å²) >= 11 is 5.98. The normalized spacial score (nSPS) is 12.1. The van der Waals surface area contributed by atoms with Crippen LogP contribution in [0.2, 0.25) is 5.02 Å². The van der Waals surface area contributed by atoms with Crippen LogP contribution in [0.5, 0.6) is 23.1 Å². The van der Waals surface area contributed by atoms with Crippen LogP contribution in [0.4, 0.5) is 22.0 Å². The molecule has 0 saturated heterocycles. The van der Waals surface area contributed by atoms with Crippen LogP contribution in [0.15, 0.2) is 23.3 Å². The maximum atomic E-state index is 14.3. The first kappa shape index (κ1) is 26.1. The number of benzene rings is 1. The molecule has 2 heterocycles. The van der Waals surface area contributed by atoms with E-state index in [0.29, 0.717) is 17.8 Å². The summed E-state index contributed by atoms with van der Waals surface area (Å²) in [4.78, 5) is 24.6. The van der Waals surface area contributed by atoms with Crippen LogP contribution in [-0.2, 0) is 12.5 Å². The quantitative estimate of drug-likeness (QED) is 0.465. The van der Waals surface area contributed by atoms with Gasteiger partial charge in [0.1, 0.15) is 17.3 Å². The van der Waals surface area contributed by atoms with Gasteiger partial charge >= 0.3 is 12.1 Å². The summed E-state index contributed by atoms with van der Waals surface area (Å²) in [6.07, 6.45) is -5.54. The Morgan fingerprint density at radius 1 is 1.09 bits per heavy atom. The Morgan fingerprint density at radius 2 is 1.74 bits per heavy atom. The molecule has 188 valence electrons. The highest BCUT2D eigenvalue weighted by Crippen LogP contribution is 2.46. The summed E-state index contributed by atoms with van der Waals surface area (Å²) in [7, 11) is 1.31. The average Bonchev–Trinajstić information content (AvgIpc) is 2.73. The second-order valence-electron chi connectivity index (χ2n) is 7.45. The molecule has 0 aliphatic carbocycles. The summed E-state index contributed by atoms with van der Waals surface area (Å²) in [5.74, 6) is -7.21. The molecule has 0 radical (unpaired) electrons. The standard InChI is InChI=1S/C21H18ClF5N4O4/c1-9-5-12(32)6-14(22)15(9)35-16-17(20(23,24)21(25,26)27)28-8-31(19(16)33)7-13-10(2)29-11(3)30-18(13)34-4/h5-6,8,32H,7H2,1-4H3. The number of methoxy groups -OCH3 is 1. The minimum absolute atomic E-state index is 0.0653. The monoisotopic (exact) mass is 520 g/mol. The third kappa shape index (κ3) is 4.99. The Kier molecular flexibility index (Phi) is 6.93. The molecule has 0 saturated carbocycles. The van der Waals surface area contributed by atoms with Gasteiger partial charge in [0.25, 0.3) is 5.56 Å². The number of phenols is 1. The highest BCUT2D eigenvalue weighted by molar-refractivity contribution is 6.32. The third-order valence-corrected chi connectivity index (χ3v) is 5.16. The van der Waals surface area contributed by atoms with Gasteiger partial charge in [-0.3, -0.25) is 9.36 Å². The van der Waals surface area contributed by atoms with Gasteiger partial charge in [-0.05, 0) is 32.4 Å². The molecule has 3 aromatic rings.